The average molecular weight is 549 g/mol. The van der Waals surface area contributed by atoms with E-state index in [0.717, 1.165) is 49.0 Å². The zero-order valence-corrected chi connectivity index (χ0v) is 24.6. The van der Waals surface area contributed by atoms with Crippen LogP contribution in [0.1, 0.15) is 30.5 Å². The Morgan fingerprint density at radius 1 is 1.15 bits per heavy atom. The number of aliphatic imine (C=N–C) groups is 1. The molecule has 3 N–H and O–H groups in total. The van der Waals surface area contributed by atoms with Crippen LogP contribution >= 0.6 is 0 Å². The largest absolute Gasteiger partial charge is 0.387 e. The highest BCUT2D eigenvalue weighted by molar-refractivity contribution is 5.99. The van der Waals surface area contributed by atoms with Gasteiger partial charge >= 0.3 is 0 Å². The van der Waals surface area contributed by atoms with E-state index in [4.69, 9.17) is 0 Å². The predicted octanol–water partition coefficient (Wildman–Crippen LogP) is 3.94. The fourth-order valence-electron chi connectivity index (χ4n) is 4.74. The molecule has 1 aliphatic rings. The molecule has 1 heterocycles. The Labute approximate surface area is 239 Å². The topological polar surface area (TPSA) is 66.4 Å². The van der Waals surface area contributed by atoms with Crippen molar-refractivity contribution in [3.05, 3.63) is 107 Å². The number of halogens is 1. The lowest BCUT2D eigenvalue weighted by molar-refractivity contribution is 0.0933. The molecular weight excluding hydrogens is 503 g/mol. The van der Waals surface area contributed by atoms with Crippen molar-refractivity contribution in [1.29, 1.82) is 0 Å². The van der Waals surface area contributed by atoms with Crippen LogP contribution in [0.5, 0.6) is 0 Å². The van der Waals surface area contributed by atoms with Gasteiger partial charge in [0, 0.05) is 57.9 Å². The van der Waals surface area contributed by atoms with Crippen LogP contribution in [-0.2, 0) is 13.1 Å². The number of nitrogens with zero attached hydrogens (tertiary/aromatic N) is 4. The summed E-state index contributed by atoms with van der Waals surface area (Å²) >= 11 is 0. The van der Waals surface area contributed by atoms with Gasteiger partial charge in [0.1, 0.15) is 17.9 Å². The second kappa shape index (κ2) is 16.0. The first-order valence-corrected chi connectivity index (χ1v) is 14.0. The summed E-state index contributed by atoms with van der Waals surface area (Å²) in [5.74, 6) is 0.798. The molecule has 1 unspecified atom stereocenters. The lowest BCUT2D eigenvalue weighted by Gasteiger charge is -2.31. The van der Waals surface area contributed by atoms with Gasteiger partial charge in [0.25, 0.3) is 0 Å². The van der Waals surface area contributed by atoms with Gasteiger partial charge in [-0.3, -0.25) is 10.3 Å². The molecule has 7 nitrogen and oxygen atoms in total. The maximum Gasteiger partial charge on any atom is 0.130 e. The molecule has 0 aliphatic carbocycles. The van der Waals surface area contributed by atoms with E-state index in [1.54, 1.807) is 12.1 Å². The highest BCUT2D eigenvalue weighted by Gasteiger charge is 2.19. The van der Waals surface area contributed by atoms with Crippen molar-refractivity contribution >= 4 is 5.84 Å². The Morgan fingerprint density at radius 2 is 1.90 bits per heavy atom. The molecule has 8 heteroatoms. The van der Waals surface area contributed by atoms with E-state index in [-0.39, 0.29) is 5.82 Å². The van der Waals surface area contributed by atoms with Gasteiger partial charge < -0.3 is 25.1 Å². The van der Waals surface area contributed by atoms with Gasteiger partial charge in [-0.1, -0.05) is 60.7 Å². The average Bonchev–Trinajstić information content (AvgIpc) is 3.38. The van der Waals surface area contributed by atoms with Crippen LogP contribution in [0.25, 0.3) is 0 Å². The third-order valence-corrected chi connectivity index (χ3v) is 6.93. The number of likely N-dealkylation sites (N-methyl/N-ethyl adjacent to an activating group) is 3. The van der Waals surface area contributed by atoms with Gasteiger partial charge in [0.15, 0.2) is 0 Å². The van der Waals surface area contributed by atoms with Crippen LogP contribution in [0.15, 0.2) is 89.2 Å². The van der Waals surface area contributed by atoms with Crippen LogP contribution in [-0.4, -0.2) is 85.7 Å². The Hall–Kier alpha value is -3.46. The van der Waals surface area contributed by atoms with Crippen LogP contribution in [0.3, 0.4) is 0 Å². The van der Waals surface area contributed by atoms with Crippen molar-refractivity contribution < 1.29 is 9.50 Å². The predicted molar refractivity (Wildman–Crippen MR) is 163 cm³/mol. The summed E-state index contributed by atoms with van der Waals surface area (Å²) in [6.45, 7) is 8.54. The fraction of sp³-hybridized carbons (Fsp3) is 0.406. The number of rotatable bonds is 15. The highest BCUT2D eigenvalue weighted by Crippen LogP contribution is 2.19. The lowest BCUT2D eigenvalue weighted by Crippen LogP contribution is -2.43. The van der Waals surface area contributed by atoms with Crippen molar-refractivity contribution in [2.75, 3.05) is 53.9 Å². The monoisotopic (exact) mass is 548 g/mol. The molecule has 0 aromatic heterocycles. The van der Waals surface area contributed by atoms with E-state index in [9.17, 15) is 9.50 Å². The molecule has 2 aromatic carbocycles. The zero-order valence-electron chi connectivity index (χ0n) is 24.6. The van der Waals surface area contributed by atoms with Crippen LogP contribution < -0.4 is 10.6 Å². The summed E-state index contributed by atoms with van der Waals surface area (Å²) in [6, 6.07) is 15.4. The molecule has 1 atom stereocenters. The number of nitrogens with one attached hydrogen (secondary N) is 2. The van der Waals surface area contributed by atoms with Crippen LogP contribution in [0.2, 0.25) is 0 Å². The first-order chi connectivity index (χ1) is 19.4. The molecule has 0 saturated heterocycles. The SMILES string of the molecule is C/C=C/C=C(\C(=C/C)NC)N(Cc1ccccc1F)CC(O)NCCN(C)Cc1ccc(C2=NCCN2C)cc1. The summed E-state index contributed by atoms with van der Waals surface area (Å²) in [4.78, 5) is 11.0. The Balaban J connectivity index is 1.59. The lowest BCUT2D eigenvalue weighted by atomic mass is 10.1. The number of allylic oxidation sites excluding steroid dienone is 4. The quantitative estimate of drug-likeness (QED) is 0.232. The number of aliphatic hydroxyl groups is 1. The smallest absolute Gasteiger partial charge is 0.130 e. The standard InChI is InChI=1S/C32H45FN6O/c1-6-8-13-30(29(7-2)34-3)39(23-27-11-9-10-12-28(27)33)24-31(40)35-18-20-37(4)22-25-14-16-26(17-15-25)32-36-19-21-38(32)5/h6-17,31,34-35,40H,18-24H2,1-5H3/b8-6+,29-7+,30-13+. The fourth-order valence-corrected chi connectivity index (χ4v) is 4.74. The van der Waals surface area contributed by atoms with Gasteiger partial charge in [-0.25, -0.2) is 4.39 Å². The number of amidine groups is 1. The Bertz CT molecular complexity index is 1190. The van der Waals surface area contributed by atoms with Gasteiger partial charge in [0.2, 0.25) is 0 Å². The second-order valence-corrected chi connectivity index (χ2v) is 10.0. The Morgan fingerprint density at radius 3 is 2.52 bits per heavy atom. The second-order valence-electron chi connectivity index (χ2n) is 10.0. The third-order valence-electron chi connectivity index (χ3n) is 6.93. The van der Waals surface area contributed by atoms with Crippen molar-refractivity contribution in [2.45, 2.75) is 33.2 Å². The summed E-state index contributed by atoms with van der Waals surface area (Å²) in [6.07, 6.45) is 7.06. The van der Waals surface area contributed by atoms with Gasteiger partial charge in [0.05, 0.1) is 24.5 Å². The highest BCUT2D eigenvalue weighted by atomic mass is 19.1. The van der Waals surface area contributed by atoms with E-state index in [1.165, 1.54) is 11.6 Å². The van der Waals surface area contributed by atoms with Crippen LogP contribution in [0.4, 0.5) is 4.39 Å². The molecule has 40 heavy (non-hydrogen) atoms. The van der Waals surface area contributed by atoms with Crippen molar-refractivity contribution in [1.82, 2.24) is 25.3 Å². The van der Waals surface area contributed by atoms with E-state index < -0.39 is 6.23 Å². The van der Waals surface area contributed by atoms with Gasteiger partial charge in [-0.2, -0.15) is 0 Å². The van der Waals surface area contributed by atoms with Crippen molar-refractivity contribution in [3.8, 4) is 0 Å². The molecule has 3 rings (SSSR count). The molecular formula is C32H45FN6O. The zero-order chi connectivity index (χ0) is 28.9. The number of hydrogen-bond acceptors (Lipinski definition) is 7. The van der Waals surface area contributed by atoms with Crippen LogP contribution in [0, 0.1) is 5.82 Å². The molecule has 0 spiro atoms. The summed E-state index contributed by atoms with van der Waals surface area (Å²) in [5.41, 5.74) is 4.73. The molecule has 216 valence electrons. The third kappa shape index (κ3) is 9.05. The minimum Gasteiger partial charge on any atom is -0.387 e. The number of benzene rings is 2. The maximum atomic E-state index is 14.6. The van der Waals surface area contributed by atoms with E-state index in [1.807, 2.05) is 56.2 Å². The number of aliphatic hydroxyl groups excluding tert-OH is 1. The normalized spacial score (nSPS) is 15.2. The minimum absolute atomic E-state index is 0.260. The molecule has 1 aliphatic heterocycles. The summed E-state index contributed by atoms with van der Waals surface area (Å²) in [5, 5.41) is 17.4. The van der Waals surface area contributed by atoms with Gasteiger partial charge in [-0.15, -0.1) is 0 Å². The molecule has 0 radical (unpaired) electrons. The molecule has 0 amide bonds. The summed E-state index contributed by atoms with van der Waals surface area (Å²) in [7, 11) is 6.01. The maximum absolute atomic E-state index is 14.6. The molecule has 2 aromatic rings. The van der Waals surface area contributed by atoms with Crippen molar-refractivity contribution in [3.63, 3.8) is 0 Å². The first kappa shape index (κ1) is 31.1. The summed E-state index contributed by atoms with van der Waals surface area (Å²) < 4.78 is 14.6. The van der Waals surface area contributed by atoms with Gasteiger partial charge in [-0.05, 0) is 38.6 Å². The molecule has 0 fully saturated rings. The molecule has 0 saturated carbocycles. The van der Waals surface area contributed by atoms with E-state index in [0.29, 0.717) is 25.2 Å². The Kier molecular flexibility index (Phi) is 12.4. The van der Waals surface area contributed by atoms with E-state index in [2.05, 4.69) is 63.8 Å². The minimum atomic E-state index is -0.799. The first-order valence-electron chi connectivity index (χ1n) is 14.0. The van der Waals surface area contributed by atoms with Crippen molar-refractivity contribution in [2.24, 2.45) is 4.99 Å². The van der Waals surface area contributed by atoms with E-state index >= 15 is 0 Å². The number of hydrogen-bond donors (Lipinski definition) is 3. The molecule has 0 bridgehead atoms.